The summed E-state index contributed by atoms with van der Waals surface area (Å²) in [6.45, 7) is 5.12. The first-order chi connectivity index (χ1) is 8.70. The number of pyridine rings is 1. The molecule has 1 saturated heterocycles. The third-order valence-corrected chi connectivity index (χ3v) is 3.87. The molecule has 0 atom stereocenters. The molecule has 0 spiro atoms. The average Bonchev–Trinajstić information content (AvgIpc) is 2.88. The molecule has 2 rings (SSSR count). The van der Waals surface area contributed by atoms with Crippen LogP contribution in [0, 0.1) is 0 Å². The van der Waals surface area contributed by atoms with Crippen LogP contribution in [0.4, 0.5) is 5.82 Å². The fourth-order valence-corrected chi connectivity index (χ4v) is 2.75. The van der Waals surface area contributed by atoms with Crippen LogP contribution in [0.3, 0.4) is 0 Å². The predicted octanol–water partition coefficient (Wildman–Crippen LogP) is 1.83. The molecular formula is C13H21BrN4. The minimum absolute atomic E-state index is 0.524. The molecule has 2 heterocycles. The molecule has 0 unspecified atom stereocenters. The Labute approximate surface area is 117 Å². The summed E-state index contributed by atoms with van der Waals surface area (Å²) in [6.07, 6.45) is 4.52. The zero-order valence-electron chi connectivity index (χ0n) is 10.9. The van der Waals surface area contributed by atoms with E-state index in [9.17, 15) is 0 Å². The van der Waals surface area contributed by atoms with Gasteiger partial charge in [0.2, 0.25) is 0 Å². The second kappa shape index (κ2) is 6.50. The number of likely N-dealkylation sites (N-methyl/N-ethyl adjacent to an activating group) is 1. The molecule has 0 aromatic carbocycles. The molecular weight excluding hydrogens is 292 g/mol. The Morgan fingerprint density at radius 1 is 1.44 bits per heavy atom. The second-order valence-corrected chi connectivity index (χ2v) is 5.73. The molecule has 0 saturated carbocycles. The number of halogens is 1. The topological polar surface area (TPSA) is 45.4 Å². The smallest absolute Gasteiger partial charge is 0.132 e. The van der Waals surface area contributed by atoms with Gasteiger partial charge in [0.15, 0.2) is 0 Å². The molecule has 2 N–H and O–H groups in total. The van der Waals surface area contributed by atoms with Crippen LogP contribution in [-0.4, -0.2) is 43.1 Å². The van der Waals surface area contributed by atoms with Gasteiger partial charge in [0.05, 0.1) is 0 Å². The lowest BCUT2D eigenvalue weighted by molar-refractivity contribution is 0.346. The van der Waals surface area contributed by atoms with Gasteiger partial charge in [-0.2, -0.15) is 0 Å². The maximum absolute atomic E-state index is 5.78. The summed E-state index contributed by atoms with van der Waals surface area (Å²) in [7, 11) is 2.09. The minimum Gasteiger partial charge on any atom is -0.358 e. The van der Waals surface area contributed by atoms with Crippen molar-refractivity contribution in [3.05, 3.63) is 22.3 Å². The Bertz CT molecular complexity index is 391. The molecule has 1 aliphatic heterocycles. The van der Waals surface area contributed by atoms with Crippen molar-refractivity contribution in [1.82, 2.24) is 9.88 Å². The fourth-order valence-electron chi connectivity index (χ4n) is 2.37. The van der Waals surface area contributed by atoms with Gasteiger partial charge in [0.1, 0.15) is 5.82 Å². The van der Waals surface area contributed by atoms with E-state index in [-0.39, 0.29) is 0 Å². The average molecular weight is 313 g/mol. The molecule has 0 radical (unpaired) electrons. The molecule has 1 aromatic heterocycles. The predicted molar refractivity (Wildman–Crippen MR) is 78.8 cm³/mol. The summed E-state index contributed by atoms with van der Waals surface area (Å²) in [4.78, 5) is 9.19. The van der Waals surface area contributed by atoms with Crippen LogP contribution in [0.1, 0.15) is 18.4 Å². The van der Waals surface area contributed by atoms with Gasteiger partial charge < -0.3 is 15.5 Å². The van der Waals surface area contributed by atoms with Crippen molar-refractivity contribution in [3.63, 3.8) is 0 Å². The van der Waals surface area contributed by atoms with Crippen molar-refractivity contribution >= 4 is 21.7 Å². The van der Waals surface area contributed by atoms with E-state index in [4.69, 9.17) is 5.73 Å². The van der Waals surface area contributed by atoms with Gasteiger partial charge in [0, 0.05) is 42.9 Å². The number of rotatable bonds is 5. The van der Waals surface area contributed by atoms with Crippen molar-refractivity contribution in [2.24, 2.45) is 5.73 Å². The lowest BCUT2D eigenvalue weighted by Gasteiger charge is -2.24. The fraction of sp³-hybridized carbons (Fsp3) is 0.615. The van der Waals surface area contributed by atoms with E-state index in [1.54, 1.807) is 0 Å². The SMILES string of the molecule is CN(CCN1CCCC1)c1ncc(Br)cc1CN. The number of hydrogen-bond acceptors (Lipinski definition) is 4. The van der Waals surface area contributed by atoms with Crippen LogP contribution < -0.4 is 10.6 Å². The Morgan fingerprint density at radius 2 is 2.17 bits per heavy atom. The van der Waals surface area contributed by atoms with Crippen molar-refractivity contribution in [2.45, 2.75) is 19.4 Å². The van der Waals surface area contributed by atoms with Crippen LogP contribution in [0.5, 0.6) is 0 Å². The first-order valence-electron chi connectivity index (χ1n) is 6.48. The van der Waals surface area contributed by atoms with Crippen molar-refractivity contribution in [2.75, 3.05) is 38.1 Å². The molecule has 100 valence electrons. The maximum atomic E-state index is 5.78. The van der Waals surface area contributed by atoms with Gasteiger partial charge in [-0.05, 0) is 47.9 Å². The molecule has 1 fully saturated rings. The summed E-state index contributed by atoms with van der Waals surface area (Å²) < 4.78 is 0.986. The van der Waals surface area contributed by atoms with Crippen LogP contribution >= 0.6 is 15.9 Å². The minimum atomic E-state index is 0.524. The quantitative estimate of drug-likeness (QED) is 0.901. The van der Waals surface area contributed by atoms with Gasteiger partial charge in [-0.15, -0.1) is 0 Å². The highest BCUT2D eigenvalue weighted by molar-refractivity contribution is 9.10. The third kappa shape index (κ3) is 3.43. The van der Waals surface area contributed by atoms with Crippen molar-refractivity contribution < 1.29 is 0 Å². The van der Waals surface area contributed by atoms with Gasteiger partial charge in [-0.25, -0.2) is 4.98 Å². The van der Waals surface area contributed by atoms with E-state index in [2.05, 4.69) is 43.8 Å². The molecule has 1 aliphatic rings. The second-order valence-electron chi connectivity index (χ2n) is 4.81. The molecule has 4 nitrogen and oxygen atoms in total. The Balaban J connectivity index is 1.96. The number of nitrogens with zero attached hydrogens (tertiary/aromatic N) is 3. The Hall–Kier alpha value is -0.650. The maximum Gasteiger partial charge on any atom is 0.132 e. The van der Waals surface area contributed by atoms with E-state index >= 15 is 0 Å². The van der Waals surface area contributed by atoms with Gasteiger partial charge in [-0.3, -0.25) is 0 Å². The van der Waals surface area contributed by atoms with Gasteiger partial charge >= 0.3 is 0 Å². The normalized spacial score (nSPS) is 16.2. The number of likely N-dealkylation sites (tertiary alicyclic amines) is 1. The molecule has 5 heteroatoms. The Kier molecular flexibility index (Phi) is 4.97. The first kappa shape index (κ1) is 13.8. The summed E-state index contributed by atoms with van der Waals surface area (Å²) in [5, 5.41) is 0. The first-order valence-corrected chi connectivity index (χ1v) is 7.28. The Morgan fingerprint density at radius 3 is 2.83 bits per heavy atom. The summed E-state index contributed by atoms with van der Waals surface area (Å²) in [5.41, 5.74) is 6.87. The molecule has 0 aliphatic carbocycles. The van der Waals surface area contributed by atoms with Crippen LogP contribution in [0.25, 0.3) is 0 Å². The lowest BCUT2D eigenvalue weighted by Crippen LogP contribution is -2.32. The number of nitrogens with two attached hydrogens (primary N) is 1. The largest absolute Gasteiger partial charge is 0.358 e. The monoisotopic (exact) mass is 312 g/mol. The summed E-state index contributed by atoms with van der Waals surface area (Å²) >= 11 is 3.43. The van der Waals surface area contributed by atoms with Crippen molar-refractivity contribution in [3.8, 4) is 0 Å². The zero-order valence-corrected chi connectivity index (χ0v) is 12.5. The standard InChI is InChI=1S/C13H21BrN4/c1-17(6-7-18-4-2-3-5-18)13-11(9-15)8-12(14)10-16-13/h8,10H,2-7,9,15H2,1H3. The van der Waals surface area contributed by atoms with Crippen LogP contribution in [-0.2, 0) is 6.54 Å². The molecule has 1 aromatic rings. The number of hydrogen-bond donors (Lipinski definition) is 1. The van der Waals surface area contributed by atoms with Crippen molar-refractivity contribution in [1.29, 1.82) is 0 Å². The van der Waals surface area contributed by atoms with E-state index in [0.29, 0.717) is 6.54 Å². The molecule has 18 heavy (non-hydrogen) atoms. The van der Waals surface area contributed by atoms with Gasteiger partial charge in [0.25, 0.3) is 0 Å². The van der Waals surface area contributed by atoms with Gasteiger partial charge in [-0.1, -0.05) is 0 Å². The van der Waals surface area contributed by atoms with E-state index < -0.39 is 0 Å². The summed E-state index contributed by atoms with van der Waals surface area (Å²) in [6, 6.07) is 2.05. The van der Waals surface area contributed by atoms with E-state index in [0.717, 1.165) is 28.9 Å². The van der Waals surface area contributed by atoms with Crippen LogP contribution in [0.2, 0.25) is 0 Å². The zero-order chi connectivity index (χ0) is 13.0. The number of anilines is 1. The van der Waals surface area contributed by atoms with E-state index in [1.165, 1.54) is 25.9 Å². The van der Waals surface area contributed by atoms with Crippen LogP contribution in [0.15, 0.2) is 16.7 Å². The molecule has 0 bridgehead atoms. The summed E-state index contributed by atoms with van der Waals surface area (Å²) in [5.74, 6) is 1.000. The third-order valence-electron chi connectivity index (χ3n) is 3.44. The highest BCUT2D eigenvalue weighted by Gasteiger charge is 2.13. The highest BCUT2D eigenvalue weighted by atomic mass is 79.9. The van der Waals surface area contributed by atoms with E-state index in [1.807, 2.05) is 6.20 Å². The highest BCUT2D eigenvalue weighted by Crippen LogP contribution is 2.20. The lowest BCUT2D eigenvalue weighted by atomic mass is 10.2. The molecule has 0 amide bonds. The number of aromatic nitrogens is 1.